The van der Waals surface area contributed by atoms with Gasteiger partial charge in [0.2, 0.25) is 0 Å². The van der Waals surface area contributed by atoms with Gasteiger partial charge in [-0.25, -0.2) is 4.98 Å². The molecule has 2 N–H and O–H groups in total. The lowest BCUT2D eigenvalue weighted by Gasteiger charge is -2.20. The number of imidazole rings is 1. The van der Waals surface area contributed by atoms with Gasteiger partial charge in [0.1, 0.15) is 5.69 Å². The van der Waals surface area contributed by atoms with Crippen LogP contribution in [0.4, 0.5) is 0 Å². The van der Waals surface area contributed by atoms with Crippen LogP contribution in [0.2, 0.25) is 0 Å². The summed E-state index contributed by atoms with van der Waals surface area (Å²) in [6, 6.07) is 0.0790. The van der Waals surface area contributed by atoms with E-state index in [-0.39, 0.29) is 6.04 Å². The molecule has 0 fully saturated rings. The van der Waals surface area contributed by atoms with Gasteiger partial charge in [-0.05, 0) is 6.92 Å². The van der Waals surface area contributed by atoms with Crippen LogP contribution in [0.5, 0.6) is 0 Å². The van der Waals surface area contributed by atoms with Crippen molar-refractivity contribution in [1.82, 2.24) is 30.3 Å². The summed E-state index contributed by atoms with van der Waals surface area (Å²) in [5, 5.41) is 11.7. The molecule has 16 heavy (non-hydrogen) atoms. The third kappa shape index (κ3) is 1.42. The van der Waals surface area contributed by atoms with E-state index in [1.807, 2.05) is 17.8 Å². The second kappa shape index (κ2) is 3.71. The Morgan fingerprint density at radius 1 is 1.56 bits per heavy atom. The largest absolute Gasteiger partial charge is 0.348 e. The van der Waals surface area contributed by atoms with E-state index in [2.05, 4.69) is 25.6 Å². The fourth-order valence-corrected chi connectivity index (χ4v) is 2.06. The van der Waals surface area contributed by atoms with E-state index in [4.69, 9.17) is 0 Å². The predicted molar refractivity (Wildman–Crippen MR) is 57.8 cm³/mol. The van der Waals surface area contributed by atoms with Gasteiger partial charge in [-0.3, -0.25) is 4.68 Å². The molecular weight excluding hydrogens is 204 g/mol. The van der Waals surface area contributed by atoms with E-state index >= 15 is 0 Å². The van der Waals surface area contributed by atoms with Crippen molar-refractivity contribution < 1.29 is 0 Å². The van der Waals surface area contributed by atoms with Crippen LogP contribution in [-0.2, 0) is 13.0 Å². The van der Waals surface area contributed by atoms with Crippen LogP contribution in [0.25, 0.3) is 0 Å². The van der Waals surface area contributed by atoms with Gasteiger partial charge >= 0.3 is 0 Å². The highest BCUT2D eigenvalue weighted by Crippen LogP contribution is 2.24. The van der Waals surface area contributed by atoms with Crippen molar-refractivity contribution in [3.05, 3.63) is 29.6 Å². The summed E-state index contributed by atoms with van der Waals surface area (Å²) in [6.07, 6.45) is 4.71. The summed E-state index contributed by atoms with van der Waals surface area (Å²) >= 11 is 0. The molecule has 84 valence electrons. The lowest BCUT2D eigenvalue weighted by atomic mass is 10.0. The number of aromatic amines is 1. The first-order valence-corrected chi connectivity index (χ1v) is 5.54. The molecule has 2 aromatic heterocycles. The molecule has 6 nitrogen and oxygen atoms in total. The van der Waals surface area contributed by atoms with Crippen molar-refractivity contribution in [3.63, 3.8) is 0 Å². The van der Waals surface area contributed by atoms with Crippen molar-refractivity contribution in [2.24, 2.45) is 0 Å². The number of rotatable bonds is 2. The first-order valence-electron chi connectivity index (χ1n) is 5.54. The molecule has 1 aliphatic heterocycles. The Labute approximate surface area is 93.1 Å². The van der Waals surface area contributed by atoms with Crippen LogP contribution < -0.4 is 5.32 Å². The zero-order valence-corrected chi connectivity index (χ0v) is 9.14. The monoisotopic (exact) mass is 218 g/mol. The zero-order chi connectivity index (χ0) is 11.0. The van der Waals surface area contributed by atoms with Crippen LogP contribution >= 0.6 is 0 Å². The number of hydrogen-bond donors (Lipinski definition) is 2. The SMILES string of the molecule is CCn1cc(C2NCCc3[nH]cnc32)nn1. The number of nitrogens with one attached hydrogen (secondary N) is 2. The van der Waals surface area contributed by atoms with Gasteiger partial charge in [-0.2, -0.15) is 0 Å². The maximum absolute atomic E-state index is 4.35. The number of fused-ring (bicyclic) bond motifs is 1. The fraction of sp³-hybridized carbons (Fsp3) is 0.500. The highest BCUT2D eigenvalue weighted by Gasteiger charge is 2.25. The molecule has 1 aliphatic rings. The Kier molecular flexibility index (Phi) is 2.21. The van der Waals surface area contributed by atoms with Gasteiger partial charge in [-0.15, -0.1) is 5.10 Å². The predicted octanol–water partition coefficient (Wildman–Crippen LogP) is 0.256. The number of aryl methyl sites for hydroxylation is 1. The van der Waals surface area contributed by atoms with Crippen molar-refractivity contribution in [2.75, 3.05) is 6.54 Å². The first kappa shape index (κ1) is 9.53. The number of hydrogen-bond acceptors (Lipinski definition) is 4. The van der Waals surface area contributed by atoms with Crippen molar-refractivity contribution in [2.45, 2.75) is 25.9 Å². The molecule has 2 aromatic rings. The average Bonchev–Trinajstić information content (AvgIpc) is 2.97. The molecule has 0 amide bonds. The third-order valence-electron chi connectivity index (χ3n) is 2.92. The average molecular weight is 218 g/mol. The fourth-order valence-electron chi connectivity index (χ4n) is 2.06. The van der Waals surface area contributed by atoms with Gasteiger partial charge in [0.15, 0.2) is 0 Å². The van der Waals surface area contributed by atoms with E-state index in [1.165, 1.54) is 5.69 Å². The second-order valence-corrected chi connectivity index (χ2v) is 3.90. The number of H-pyrrole nitrogens is 1. The normalized spacial score (nSPS) is 19.7. The molecule has 0 aromatic carbocycles. The molecule has 0 spiro atoms. The highest BCUT2D eigenvalue weighted by atomic mass is 15.4. The Hall–Kier alpha value is -1.69. The minimum absolute atomic E-state index is 0.0790. The number of aromatic nitrogens is 5. The molecule has 6 heteroatoms. The Balaban J connectivity index is 1.97. The van der Waals surface area contributed by atoms with Gasteiger partial charge in [0, 0.05) is 25.2 Å². The van der Waals surface area contributed by atoms with Gasteiger partial charge in [0.25, 0.3) is 0 Å². The second-order valence-electron chi connectivity index (χ2n) is 3.90. The summed E-state index contributed by atoms with van der Waals surface area (Å²) in [7, 11) is 0. The topological polar surface area (TPSA) is 71.4 Å². The van der Waals surface area contributed by atoms with E-state index in [9.17, 15) is 0 Å². The number of nitrogens with zero attached hydrogens (tertiary/aromatic N) is 4. The summed E-state index contributed by atoms with van der Waals surface area (Å²) in [4.78, 5) is 7.53. The molecule has 0 saturated carbocycles. The summed E-state index contributed by atoms with van der Waals surface area (Å²) < 4.78 is 1.83. The van der Waals surface area contributed by atoms with Crippen LogP contribution in [0, 0.1) is 0 Å². The minimum atomic E-state index is 0.0790. The molecule has 0 radical (unpaired) electrons. The Morgan fingerprint density at radius 2 is 2.50 bits per heavy atom. The Morgan fingerprint density at radius 3 is 3.31 bits per heavy atom. The molecule has 3 heterocycles. The quantitative estimate of drug-likeness (QED) is 0.758. The van der Waals surface area contributed by atoms with E-state index in [1.54, 1.807) is 6.33 Å². The van der Waals surface area contributed by atoms with Crippen molar-refractivity contribution >= 4 is 0 Å². The summed E-state index contributed by atoms with van der Waals surface area (Å²) in [5.41, 5.74) is 3.19. The molecule has 3 rings (SSSR count). The van der Waals surface area contributed by atoms with Crippen LogP contribution in [0.15, 0.2) is 12.5 Å². The van der Waals surface area contributed by atoms with Gasteiger partial charge in [-0.1, -0.05) is 5.21 Å². The van der Waals surface area contributed by atoms with Gasteiger partial charge in [0.05, 0.1) is 24.3 Å². The molecule has 1 atom stereocenters. The smallest absolute Gasteiger partial charge is 0.106 e. The molecule has 0 aliphatic carbocycles. The van der Waals surface area contributed by atoms with E-state index in [0.717, 1.165) is 30.9 Å². The van der Waals surface area contributed by atoms with E-state index in [0.29, 0.717) is 0 Å². The van der Waals surface area contributed by atoms with Gasteiger partial charge < -0.3 is 10.3 Å². The maximum Gasteiger partial charge on any atom is 0.106 e. The maximum atomic E-state index is 4.35. The highest BCUT2D eigenvalue weighted by molar-refractivity contribution is 5.26. The third-order valence-corrected chi connectivity index (χ3v) is 2.92. The molecule has 0 bridgehead atoms. The van der Waals surface area contributed by atoms with Crippen LogP contribution in [-0.4, -0.2) is 31.5 Å². The van der Waals surface area contributed by atoms with Crippen LogP contribution in [0.1, 0.15) is 30.0 Å². The van der Waals surface area contributed by atoms with E-state index < -0.39 is 0 Å². The van der Waals surface area contributed by atoms with Crippen LogP contribution in [0.3, 0.4) is 0 Å². The summed E-state index contributed by atoms with van der Waals surface area (Å²) in [6.45, 7) is 3.83. The lowest BCUT2D eigenvalue weighted by molar-refractivity contribution is 0.542. The van der Waals surface area contributed by atoms with Crippen molar-refractivity contribution in [1.29, 1.82) is 0 Å². The molecule has 0 saturated heterocycles. The first-order chi connectivity index (χ1) is 7.88. The zero-order valence-electron chi connectivity index (χ0n) is 9.14. The summed E-state index contributed by atoms with van der Waals surface area (Å²) in [5.74, 6) is 0. The van der Waals surface area contributed by atoms with Crippen molar-refractivity contribution in [3.8, 4) is 0 Å². The lowest BCUT2D eigenvalue weighted by Crippen LogP contribution is -2.31. The molecular formula is C10H14N6. The Bertz CT molecular complexity index is 485. The standard InChI is InChI=1S/C10H14N6/c1-2-16-5-8(14-15-16)10-9-7(3-4-11-10)12-6-13-9/h5-6,10-11H,2-4H2,1H3,(H,12,13). The minimum Gasteiger partial charge on any atom is -0.348 e. The molecule has 1 unspecified atom stereocenters.